The van der Waals surface area contributed by atoms with Crippen molar-refractivity contribution in [3.05, 3.63) is 0 Å². The van der Waals surface area contributed by atoms with Gasteiger partial charge in [-0.25, -0.2) is 9.00 Å². The largest absolute Gasteiger partial charge is 0.467 e. The number of esters is 1. The van der Waals surface area contributed by atoms with Gasteiger partial charge in [-0.1, -0.05) is 0 Å². The fourth-order valence-corrected chi connectivity index (χ4v) is 1.07. The summed E-state index contributed by atoms with van der Waals surface area (Å²) in [7, 11) is 1.18. The Kier molecular flexibility index (Phi) is 5.87. The number of hydrogen-bond acceptors (Lipinski definition) is 4. The summed E-state index contributed by atoms with van der Waals surface area (Å²) < 4.78 is 22.7. The zero-order chi connectivity index (χ0) is 9.56. The van der Waals surface area contributed by atoms with Gasteiger partial charge in [0.05, 0.1) is 7.11 Å². The number of aliphatic hydroxyl groups excluding tert-OH is 1. The van der Waals surface area contributed by atoms with Gasteiger partial charge in [-0.2, -0.15) is 0 Å². The summed E-state index contributed by atoms with van der Waals surface area (Å²) in [4.78, 5) is 10.6. The van der Waals surface area contributed by atoms with Crippen LogP contribution in [0.3, 0.4) is 0 Å². The molecule has 0 aromatic rings. The first kappa shape index (κ1) is 11.5. The van der Waals surface area contributed by atoms with Crippen LogP contribution in [-0.4, -0.2) is 38.8 Å². The van der Waals surface area contributed by atoms with Crippen LogP contribution in [0.15, 0.2) is 0 Å². The van der Waals surface area contributed by atoms with E-state index in [2.05, 4.69) is 4.74 Å². The fraction of sp³-hybridized carbons (Fsp3) is 0.833. The van der Waals surface area contributed by atoms with E-state index in [1.54, 1.807) is 0 Å². The highest BCUT2D eigenvalue weighted by Gasteiger charge is 2.14. The van der Waals surface area contributed by atoms with Crippen LogP contribution >= 0.6 is 0 Å². The molecule has 0 spiro atoms. The Morgan fingerprint density at radius 1 is 1.67 bits per heavy atom. The molecule has 0 radical (unpaired) electrons. The maximum Gasteiger partial charge on any atom is 0.334 e. The van der Waals surface area contributed by atoms with E-state index in [1.165, 1.54) is 7.11 Å². The van der Waals surface area contributed by atoms with E-state index in [4.69, 9.17) is 9.66 Å². The minimum Gasteiger partial charge on any atom is -0.467 e. The molecule has 0 fully saturated rings. The van der Waals surface area contributed by atoms with Crippen LogP contribution in [-0.2, 0) is 20.6 Å². The monoisotopic (exact) mass is 196 g/mol. The first-order valence-electron chi connectivity index (χ1n) is 3.41. The Balaban J connectivity index is 3.50. The molecule has 0 aromatic carbocycles. The van der Waals surface area contributed by atoms with Crippen molar-refractivity contribution in [1.82, 2.24) is 0 Å². The second-order valence-corrected chi connectivity index (χ2v) is 3.26. The number of carbonyl (C=O) groups is 1. The Labute approximate surface area is 73.0 Å². The summed E-state index contributed by atoms with van der Waals surface area (Å²) in [5.41, 5.74) is 0. The molecule has 5 nitrogen and oxygen atoms in total. The summed E-state index contributed by atoms with van der Waals surface area (Å²) in [5, 5.41) is 8.98. The molecule has 0 heterocycles. The van der Waals surface area contributed by atoms with Crippen molar-refractivity contribution in [2.75, 3.05) is 12.9 Å². The molecule has 72 valence electrons. The Bertz CT molecular complexity index is 169. The smallest absolute Gasteiger partial charge is 0.334 e. The molecule has 0 bridgehead atoms. The van der Waals surface area contributed by atoms with E-state index in [9.17, 15) is 9.00 Å². The highest BCUT2D eigenvalue weighted by Crippen LogP contribution is 1.99. The molecular formula is C6H12O5S. The third-order valence-electron chi connectivity index (χ3n) is 1.27. The molecule has 0 aliphatic carbocycles. The minimum absolute atomic E-state index is 0.0635. The van der Waals surface area contributed by atoms with Crippen molar-refractivity contribution in [2.45, 2.75) is 18.9 Å². The topological polar surface area (TPSA) is 83.8 Å². The molecule has 0 amide bonds. The lowest BCUT2D eigenvalue weighted by Gasteiger charge is -2.05. The van der Waals surface area contributed by atoms with Gasteiger partial charge in [0.15, 0.2) is 17.2 Å². The van der Waals surface area contributed by atoms with E-state index in [0.29, 0.717) is 6.42 Å². The van der Waals surface area contributed by atoms with Crippen molar-refractivity contribution >= 4 is 17.0 Å². The standard InChI is InChI=1S/C6H12O5S/c1-11-6(8)5(7)3-2-4-12(9)10/h5,7H,2-4H2,1H3,(H,9,10)/t5-/m0/s1. The van der Waals surface area contributed by atoms with Gasteiger partial charge in [-0.15, -0.1) is 0 Å². The lowest BCUT2D eigenvalue weighted by molar-refractivity contribution is -0.150. The maximum atomic E-state index is 10.6. The molecule has 0 aliphatic rings. The van der Waals surface area contributed by atoms with Crippen LogP contribution in [0, 0.1) is 0 Å². The van der Waals surface area contributed by atoms with Gasteiger partial charge in [0.2, 0.25) is 0 Å². The summed E-state index contributed by atoms with van der Waals surface area (Å²) in [5.74, 6) is -0.646. The molecule has 0 rings (SSSR count). The first-order valence-corrected chi connectivity index (χ1v) is 4.69. The molecule has 12 heavy (non-hydrogen) atoms. The van der Waals surface area contributed by atoms with Crippen molar-refractivity contribution in [1.29, 1.82) is 0 Å². The van der Waals surface area contributed by atoms with Gasteiger partial charge in [-0.3, -0.25) is 0 Å². The Morgan fingerprint density at radius 3 is 2.67 bits per heavy atom. The summed E-state index contributed by atoms with van der Waals surface area (Å²) in [6, 6.07) is 0. The van der Waals surface area contributed by atoms with Crippen LogP contribution in [0.1, 0.15) is 12.8 Å². The van der Waals surface area contributed by atoms with Crippen molar-refractivity contribution in [3.63, 3.8) is 0 Å². The number of aliphatic hydroxyl groups is 1. The summed E-state index contributed by atoms with van der Waals surface area (Å²) in [6.45, 7) is 0. The highest BCUT2D eigenvalue weighted by molar-refractivity contribution is 7.79. The van der Waals surface area contributed by atoms with Crippen LogP contribution < -0.4 is 0 Å². The molecule has 0 saturated heterocycles. The fourth-order valence-electron chi connectivity index (χ4n) is 0.654. The Hall–Kier alpha value is -0.460. The van der Waals surface area contributed by atoms with Crippen LogP contribution in [0.2, 0.25) is 0 Å². The third kappa shape index (κ3) is 5.22. The van der Waals surface area contributed by atoms with E-state index in [0.717, 1.165) is 0 Å². The SMILES string of the molecule is COC(=O)[C@@H](O)CCCS(=O)O. The molecule has 6 heteroatoms. The predicted molar refractivity (Wildman–Crippen MR) is 42.9 cm³/mol. The highest BCUT2D eigenvalue weighted by atomic mass is 32.2. The summed E-state index contributed by atoms with van der Waals surface area (Å²) in [6.07, 6.45) is -0.711. The average molecular weight is 196 g/mol. The number of hydrogen-bond donors (Lipinski definition) is 2. The lowest BCUT2D eigenvalue weighted by atomic mass is 10.2. The second kappa shape index (κ2) is 6.10. The molecule has 0 saturated carbocycles. The van der Waals surface area contributed by atoms with E-state index >= 15 is 0 Å². The van der Waals surface area contributed by atoms with Crippen LogP contribution in [0.25, 0.3) is 0 Å². The minimum atomic E-state index is -1.86. The summed E-state index contributed by atoms with van der Waals surface area (Å²) >= 11 is -1.86. The van der Waals surface area contributed by atoms with E-state index in [-0.39, 0.29) is 12.2 Å². The molecule has 0 aliphatic heterocycles. The van der Waals surface area contributed by atoms with Gasteiger partial charge in [0.1, 0.15) is 0 Å². The molecule has 1 unspecified atom stereocenters. The number of methoxy groups -OCH3 is 1. The average Bonchev–Trinajstić information content (AvgIpc) is 2.02. The van der Waals surface area contributed by atoms with Gasteiger partial charge < -0.3 is 14.4 Å². The number of rotatable bonds is 5. The molecule has 2 atom stereocenters. The molecule has 0 aromatic heterocycles. The quantitative estimate of drug-likeness (QED) is 0.458. The third-order valence-corrected chi connectivity index (χ3v) is 1.91. The van der Waals surface area contributed by atoms with E-state index in [1.807, 2.05) is 0 Å². The number of ether oxygens (including phenoxy) is 1. The zero-order valence-corrected chi connectivity index (χ0v) is 7.54. The van der Waals surface area contributed by atoms with Crippen molar-refractivity contribution in [2.24, 2.45) is 0 Å². The second-order valence-electron chi connectivity index (χ2n) is 2.21. The van der Waals surface area contributed by atoms with Gasteiger partial charge in [0, 0.05) is 5.75 Å². The zero-order valence-electron chi connectivity index (χ0n) is 6.73. The van der Waals surface area contributed by atoms with Crippen molar-refractivity contribution in [3.8, 4) is 0 Å². The Morgan fingerprint density at radius 2 is 2.25 bits per heavy atom. The van der Waals surface area contributed by atoms with Crippen LogP contribution in [0.5, 0.6) is 0 Å². The molecular weight excluding hydrogens is 184 g/mol. The van der Waals surface area contributed by atoms with Gasteiger partial charge >= 0.3 is 5.97 Å². The predicted octanol–water partition coefficient (Wildman–Crippen LogP) is -0.478. The maximum absolute atomic E-state index is 10.6. The normalized spacial score (nSPS) is 15.2. The molecule has 2 N–H and O–H groups in total. The van der Waals surface area contributed by atoms with Gasteiger partial charge in [-0.05, 0) is 12.8 Å². The van der Waals surface area contributed by atoms with E-state index < -0.39 is 23.2 Å². The van der Waals surface area contributed by atoms with Crippen molar-refractivity contribution < 1.29 is 23.4 Å². The van der Waals surface area contributed by atoms with Gasteiger partial charge in [0.25, 0.3) is 0 Å². The number of carbonyl (C=O) groups excluding carboxylic acids is 1. The lowest BCUT2D eigenvalue weighted by Crippen LogP contribution is -2.22. The van der Waals surface area contributed by atoms with Crippen LogP contribution in [0.4, 0.5) is 0 Å². The first-order chi connectivity index (χ1) is 5.57.